The number of methoxy groups -OCH3 is 1. The Labute approximate surface area is 226 Å². The normalized spacial score (nSPS) is 15.5. The maximum atomic E-state index is 12.7. The molecule has 1 aliphatic rings. The number of allylic oxidation sites excluding steroid dienone is 1. The van der Waals surface area contributed by atoms with Crippen molar-refractivity contribution in [1.82, 2.24) is 30.0 Å². The molecule has 0 aliphatic carbocycles. The number of piperidine rings is 1. The summed E-state index contributed by atoms with van der Waals surface area (Å²) >= 11 is 0. The van der Waals surface area contributed by atoms with Crippen LogP contribution in [-0.4, -0.2) is 56.7 Å². The van der Waals surface area contributed by atoms with Gasteiger partial charge in [-0.2, -0.15) is 5.10 Å². The third-order valence-electron chi connectivity index (χ3n) is 6.91. The van der Waals surface area contributed by atoms with Crippen LogP contribution in [0, 0.1) is 0 Å². The van der Waals surface area contributed by atoms with Gasteiger partial charge in [-0.1, -0.05) is 42.5 Å². The van der Waals surface area contributed by atoms with Gasteiger partial charge in [-0.15, -0.1) is 0 Å². The number of nitrogens with two attached hydrogens (primary N) is 1. The van der Waals surface area contributed by atoms with E-state index in [0.717, 1.165) is 30.5 Å². The summed E-state index contributed by atoms with van der Waals surface area (Å²) in [7, 11) is 1.54. The number of hydrogen-bond donors (Lipinski definition) is 2. The van der Waals surface area contributed by atoms with E-state index in [4.69, 9.17) is 15.6 Å². The van der Waals surface area contributed by atoms with Crippen molar-refractivity contribution < 1.29 is 14.3 Å². The van der Waals surface area contributed by atoms with Crippen LogP contribution in [0.1, 0.15) is 41.7 Å². The second-order valence-corrected chi connectivity index (χ2v) is 9.41. The molecule has 39 heavy (non-hydrogen) atoms. The van der Waals surface area contributed by atoms with Crippen molar-refractivity contribution >= 4 is 28.7 Å². The predicted molar refractivity (Wildman–Crippen MR) is 149 cm³/mol. The standard InChI is InChI=1S/C29H31N7O3/c1-3-7-24(37)35-15-6-8-21(17-35)36-28-25(27(30)32-18-33-28)26(34-36)20-13-11-19(12-14-20)16-31-29(38)22-9-4-5-10-23(22)39-2/h3-5,7,9-14,18,21H,6,8,15-17H2,1-2H3,(H,31,38)(H2,30,32,33)/b7-3+. The van der Waals surface area contributed by atoms with Crippen LogP contribution in [-0.2, 0) is 11.3 Å². The summed E-state index contributed by atoms with van der Waals surface area (Å²) < 4.78 is 7.18. The quantitative estimate of drug-likeness (QED) is 0.352. The van der Waals surface area contributed by atoms with Gasteiger partial charge in [0, 0.05) is 25.2 Å². The van der Waals surface area contributed by atoms with Gasteiger partial charge in [0.2, 0.25) is 5.91 Å². The van der Waals surface area contributed by atoms with Crippen LogP contribution in [0.5, 0.6) is 5.75 Å². The zero-order valence-corrected chi connectivity index (χ0v) is 22.0. The Hall–Kier alpha value is -4.73. The number of nitrogens with zero attached hydrogens (tertiary/aromatic N) is 5. The Morgan fingerprint density at radius 3 is 2.72 bits per heavy atom. The average molecular weight is 526 g/mol. The fraction of sp³-hybridized carbons (Fsp3) is 0.276. The number of nitrogens with one attached hydrogen (secondary N) is 1. The zero-order chi connectivity index (χ0) is 27.4. The van der Waals surface area contributed by atoms with E-state index in [9.17, 15) is 9.59 Å². The van der Waals surface area contributed by atoms with Gasteiger partial charge >= 0.3 is 0 Å². The first-order valence-electron chi connectivity index (χ1n) is 12.9. The SMILES string of the molecule is C/C=C/C(=O)N1CCCC(n2nc(-c3ccc(CNC(=O)c4ccccc4OC)cc3)c3c(N)ncnc32)C1. The molecule has 10 nitrogen and oxygen atoms in total. The number of amides is 2. The molecule has 0 saturated carbocycles. The van der Waals surface area contributed by atoms with Crippen molar-refractivity contribution in [3.63, 3.8) is 0 Å². The molecule has 1 fully saturated rings. The lowest BCUT2D eigenvalue weighted by Gasteiger charge is -2.32. The van der Waals surface area contributed by atoms with E-state index in [1.807, 2.05) is 46.8 Å². The van der Waals surface area contributed by atoms with Gasteiger partial charge in [-0.25, -0.2) is 14.6 Å². The van der Waals surface area contributed by atoms with Crippen molar-refractivity contribution in [2.75, 3.05) is 25.9 Å². The van der Waals surface area contributed by atoms with Gasteiger partial charge in [-0.3, -0.25) is 9.59 Å². The number of carbonyl (C=O) groups is 2. The molecule has 2 amide bonds. The molecule has 0 bridgehead atoms. The third-order valence-corrected chi connectivity index (χ3v) is 6.91. The highest BCUT2D eigenvalue weighted by Gasteiger charge is 2.28. The lowest BCUT2D eigenvalue weighted by molar-refractivity contribution is -0.127. The smallest absolute Gasteiger partial charge is 0.255 e. The number of likely N-dealkylation sites (tertiary alicyclic amines) is 1. The van der Waals surface area contributed by atoms with Crippen LogP contribution < -0.4 is 15.8 Å². The number of aromatic nitrogens is 4. The lowest BCUT2D eigenvalue weighted by Crippen LogP contribution is -2.40. The molecule has 1 aliphatic heterocycles. The van der Waals surface area contributed by atoms with Gasteiger partial charge in [0.05, 0.1) is 24.1 Å². The first-order chi connectivity index (χ1) is 19.0. The maximum Gasteiger partial charge on any atom is 0.255 e. The van der Waals surface area contributed by atoms with Crippen molar-refractivity contribution in [3.05, 3.63) is 78.1 Å². The van der Waals surface area contributed by atoms with E-state index in [1.54, 1.807) is 37.5 Å². The molecule has 3 N–H and O–H groups in total. The molecule has 1 saturated heterocycles. The van der Waals surface area contributed by atoms with Gasteiger partial charge in [0.1, 0.15) is 23.6 Å². The van der Waals surface area contributed by atoms with Crippen LogP contribution in [0.2, 0.25) is 0 Å². The van der Waals surface area contributed by atoms with E-state index in [2.05, 4.69) is 15.3 Å². The van der Waals surface area contributed by atoms with Crippen LogP contribution >= 0.6 is 0 Å². The summed E-state index contributed by atoms with van der Waals surface area (Å²) in [5.74, 6) is 0.675. The number of ether oxygens (including phenoxy) is 1. The number of para-hydroxylation sites is 1. The Bertz CT molecular complexity index is 1530. The second-order valence-electron chi connectivity index (χ2n) is 9.41. The Balaban J connectivity index is 1.38. The largest absolute Gasteiger partial charge is 0.496 e. The summed E-state index contributed by atoms with van der Waals surface area (Å²) in [4.78, 5) is 35.7. The summed E-state index contributed by atoms with van der Waals surface area (Å²) in [6, 6.07) is 14.9. The van der Waals surface area contributed by atoms with Crippen molar-refractivity contribution in [2.24, 2.45) is 0 Å². The summed E-state index contributed by atoms with van der Waals surface area (Å²) in [6.45, 7) is 3.47. The molecule has 1 atom stereocenters. The summed E-state index contributed by atoms with van der Waals surface area (Å²) in [5, 5.41) is 8.57. The van der Waals surface area contributed by atoms with Gasteiger partial charge in [0.15, 0.2) is 5.65 Å². The minimum atomic E-state index is -0.208. The number of benzene rings is 2. The zero-order valence-electron chi connectivity index (χ0n) is 22.0. The predicted octanol–water partition coefficient (Wildman–Crippen LogP) is 3.75. The van der Waals surface area contributed by atoms with Crippen molar-refractivity contribution in [1.29, 1.82) is 0 Å². The first-order valence-corrected chi connectivity index (χ1v) is 12.9. The fourth-order valence-electron chi connectivity index (χ4n) is 4.94. The number of nitrogen functional groups attached to an aromatic ring is 1. The lowest BCUT2D eigenvalue weighted by atomic mass is 10.1. The topological polar surface area (TPSA) is 128 Å². The Morgan fingerprint density at radius 2 is 1.95 bits per heavy atom. The van der Waals surface area contributed by atoms with Crippen LogP contribution in [0.25, 0.3) is 22.3 Å². The number of anilines is 1. The molecule has 2 aromatic carbocycles. The van der Waals surface area contributed by atoms with Gasteiger partial charge in [-0.05, 0) is 43.5 Å². The van der Waals surface area contributed by atoms with Crippen molar-refractivity contribution in [2.45, 2.75) is 32.4 Å². The Morgan fingerprint density at radius 1 is 1.15 bits per heavy atom. The van der Waals surface area contributed by atoms with Crippen LogP contribution in [0.15, 0.2) is 67.0 Å². The molecule has 2 aromatic heterocycles. The molecular formula is C29H31N7O3. The number of rotatable bonds is 7. The summed E-state index contributed by atoms with van der Waals surface area (Å²) in [6.07, 6.45) is 6.55. The van der Waals surface area contributed by atoms with E-state index in [-0.39, 0.29) is 17.9 Å². The van der Waals surface area contributed by atoms with E-state index in [0.29, 0.717) is 46.9 Å². The molecule has 3 heterocycles. The van der Waals surface area contributed by atoms with E-state index in [1.165, 1.54) is 6.33 Å². The van der Waals surface area contributed by atoms with Gasteiger partial charge in [0.25, 0.3) is 5.91 Å². The minimum Gasteiger partial charge on any atom is -0.496 e. The monoisotopic (exact) mass is 525 g/mol. The minimum absolute atomic E-state index is 0.00131. The molecule has 10 heteroatoms. The third kappa shape index (κ3) is 5.31. The van der Waals surface area contributed by atoms with Crippen LogP contribution in [0.4, 0.5) is 5.82 Å². The van der Waals surface area contributed by atoms with Crippen molar-refractivity contribution in [3.8, 4) is 17.0 Å². The molecule has 5 rings (SSSR count). The highest BCUT2D eigenvalue weighted by molar-refractivity contribution is 5.98. The Kier molecular flexibility index (Phi) is 7.53. The maximum absolute atomic E-state index is 12.7. The molecular weight excluding hydrogens is 494 g/mol. The molecule has 0 radical (unpaired) electrons. The first kappa shape index (κ1) is 25.9. The highest BCUT2D eigenvalue weighted by atomic mass is 16.5. The number of carbonyl (C=O) groups excluding carboxylic acids is 2. The average Bonchev–Trinajstić information content (AvgIpc) is 3.37. The molecule has 200 valence electrons. The van der Waals surface area contributed by atoms with Gasteiger partial charge < -0.3 is 20.7 Å². The van der Waals surface area contributed by atoms with E-state index >= 15 is 0 Å². The van der Waals surface area contributed by atoms with Crippen LogP contribution in [0.3, 0.4) is 0 Å². The highest BCUT2D eigenvalue weighted by Crippen LogP contribution is 2.34. The number of fused-ring (bicyclic) bond motifs is 1. The summed E-state index contributed by atoms with van der Waals surface area (Å²) in [5.41, 5.74) is 9.91. The molecule has 0 spiro atoms. The number of hydrogen-bond acceptors (Lipinski definition) is 7. The second kappa shape index (κ2) is 11.3. The molecule has 4 aromatic rings. The van der Waals surface area contributed by atoms with E-state index < -0.39 is 0 Å². The molecule has 1 unspecified atom stereocenters. The fourth-order valence-corrected chi connectivity index (χ4v) is 4.94.